The molecule has 1 fully saturated rings. The van der Waals surface area contributed by atoms with E-state index in [1.54, 1.807) is 16.7 Å². The first kappa shape index (κ1) is 22.8. The number of nitrogens with zero attached hydrogens (tertiary/aromatic N) is 4. The number of alkyl halides is 3. The Hall–Kier alpha value is -3.34. The third-order valence-electron chi connectivity index (χ3n) is 5.50. The molecule has 1 aliphatic rings. The van der Waals surface area contributed by atoms with Gasteiger partial charge < -0.3 is 20.3 Å². The number of amides is 2. The van der Waals surface area contributed by atoms with Gasteiger partial charge in [0.1, 0.15) is 0 Å². The summed E-state index contributed by atoms with van der Waals surface area (Å²) in [5.74, 6) is 0.483. The van der Waals surface area contributed by atoms with Gasteiger partial charge in [-0.2, -0.15) is 13.2 Å². The maximum Gasteiger partial charge on any atom is 0.416 e. The largest absolute Gasteiger partial charge is 0.416 e. The number of benzene rings is 1. The van der Waals surface area contributed by atoms with Crippen molar-refractivity contribution < 1.29 is 22.7 Å². The Bertz CT molecular complexity index is 1120. The van der Waals surface area contributed by atoms with E-state index in [-0.39, 0.29) is 11.6 Å². The number of rotatable bonds is 5. The molecule has 1 aromatic carbocycles. The first-order valence-corrected chi connectivity index (χ1v) is 10.6. The second kappa shape index (κ2) is 9.26. The molecule has 1 aliphatic heterocycles. The Balaban J connectivity index is 1.60. The van der Waals surface area contributed by atoms with Crippen LogP contribution in [0.25, 0.3) is 5.65 Å². The zero-order valence-electron chi connectivity index (χ0n) is 18.3. The molecule has 0 saturated carbocycles. The number of carbonyl (C=O) groups is 1. The van der Waals surface area contributed by atoms with Gasteiger partial charge in [-0.3, -0.25) is 4.40 Å². The quantitative estimate of drug-likeness (QED) is 0.597. The van der Waals surface area contributed by atoms with Gasteiger partial charge in [0.2, 0.25) is 0 Å². The Morgan fingerprint density at radius 3 is 2.58 bits per heavy atom. The number of morpholine rings is 1. The molecule has 3 heterocycles. The number of anilines is 2. The summed E-state index contributed by atoms with van der Waals surface area (Å²) in [7, 11) is 0. The van der Waals surface area contributed by atoms with E-state index in [9.17, 15) is 18.0 Å². The van der Waals surface area contributed by atoms with E-state index in [4.69, 9.17) is 4.74 Å². The normalized spacial score (nSPS) is 15.6. The van der Waals surface area contributed by atoms with Crippen molar-refractivity contribution in [3.8, 4) is 0 Å². The van der Waals surface area contributed by atoms with E-state index in [1.165, 1.54) is 6.07 Å². The first-order chi connectivity index (χ1) is 15.7. The molecule has 0 unspecified atom stereocenters. The molecule has 4 rings (SSSR count). The lowest BCUT2D eigenvalue weighted by Gasteiger charge is -2.31. The average molecular weight is 462 g/mol. The van der Waals surface area contributed by atoms with E-state index in [2.05, 4.69) is 20.8 Å². The third-order valence-corrected chi connectivity index (χ3v) is 5.50. The molecule has 33 heavy (non-hydrogen) atoms. The number of nitrogens with one attached hydrogen (secondary N) is 2. The number of urea groups is 1. The minimum absolute atomic E-state index is 0.0522. The number of hydrogen-bond acceptors (Lipinski definition) is 5. The number of carbonyl (C=O) groups excluding carboxylic acids is 1. The topological polar surface area (TPSA) is 83.8 Å². The summed E-state index contributed by atoms with van der Waals surface area (Å²) in [6, 6.07) is 7.68. The number of ether oxygens (including phenoxy) is 1. The van der Waals surface area contributed by atoms with Crippen LogP contribution < -0.4 is 15.5 Å². The molecule has 0 aliphatic carbocycles. The lowest BCUT2D eigenvalue weighted by molar-refractivity contribution is -0.137. The van der Waals surface area contributed by atoms with Gasteiger partial charge in [-0.25, -0.2) is 4.79 Å². The fourth-order valence-corrected chi connectivity index (χ4v) is 3.79. The monoisotopic (exact) mass is 462 g/mol. The summed E-state index contributed by atoms with van der Waals surface area (Å²) in [4.78, 5) is 14.8. The molecule has 2 amide bonds. The van der Waals surface area contributed by atoms with E-state index in [0.717, 1.165) is 12.1 Å². The van der Waals surface area contributed by atoms with Gasteiger partial charge in [-0.15, -0.1) is 10.2 Å². The fourth-order valence-electron chi connectivity index (χ4n) is 3.79. The molecule has 0 spiro atoms. The lowest BCUT2D eigenvalue weighted by atomic mass is 10.0. The Morgan fingerprint density at radius 2 is 1.88 bits per heavy atom. The summed E-state index contributed by atoms with van der Waals surface area (Å²) in [6.45, 7) is 5.78. The molecule has 2 N–H and O–H groups in total. The van der Waals surface area contributed by atoms with Crippen molar-refractivity contribution in [2.45, 2.75) is 26.1 Å². The smallest absolute Gasteiger partial charge is 0.378 e. The number of aromatic nitrogens is 3. The van der Waals surface area contributed by atoms with Crippen LogP contribution in [0.2, 0.25) is 0 Å². The molecule has 11 heteroatoms. The number of halogens is 3. The van der Waals surface area contributed by atoms with Crippen molar-refractivity contribution in [3.63, 3.8) is 0 Å². The van der Waals surface area contributed by atoms with Crippen molar-refractivity contribution in [1.29, 1.82) is 0 Å². The minimum atomic E-state index is -4.53. The van der Waals surface area contributed by atoms with E-state index < -0.39 is 23.8 Å². The number of fused-ring (bicyclic) bond motifs is 1. The Labute approximate surface area is 188 Å². The van der Waals surface area contributed by atoms with Crippen LogP contribution in [0.5, 0.6) is 0 Å². The van der Waals surface area contributed by atoms with Crippen LogP contribution in [0.1, 0.15) is 31.3 Å². The molecule has 1 atom stereocenters. The van der Waals surface area contributed by atoms with Gasteiger partial charge in [0.05, 0.1) is 36.2 Å². The first-order valence-electron chi connectivity index (χ1n) is 10.6. The molecule has 176 valence electrons. The van der Waals surface area contributed by atoms with Crippen LogP contribution >= 0.6 is 0 Å². The second-order valence-electron chi connectivity index (χ2n) is 8.14. The van der Waals surface area contributed by atoms with E-state index in [1.807, 2.05) is 30.9 Å². The van der Waals surface area contributed by atoms with Crippen molar-refractivity contribution in [3.05, 3.63) is 54.0 Å². The van der Waals surface area contributed by atoms with Gasteiger partial charge in [-0.05, 0) is 36.2 Å². The van der Waals surface area contributed by atoms with Gasteiger partial charge in [-0.1, -0.05) is 19.9 Å². The van der Waals surface area contributed by atoms with Crippen molar-refractivity contribution >= 4 is 23.1 Å². The van der Waals surface area contributed by atoms with Crippen molar-refractivity contribution in [1.82, 2.24) is 19.9 Å². The zero-order chi connectivity index (χ0) is 23.6. The van der Waals surface area contributed by atoms with Crippen LogP contribution in [-0.2, 0) is 10.9 Å². The fraction of sp³-hybridized carbons (Fsp3) is 0.409. The highest BCUT2D eigenvalue weighted by Gasteiger charge is 2.32. The summed E-state index contributed by atoms with van der Waals surface area (Å²) < 4.78 is 47.2. The van der Waals surface area contributed by atoms with Crippen LogP contribution in [0.3, 0.4) is 0 Å². The molecule has 3 aromatic rings. The average Bonchev–Trinajstić information content (AvgIpc) is 3.21. The van der Waals surface area contributed by atoms with Crippen LogP contribution in [0.4, 0.5) is 29.3 Å². The molecule has 2 aromatic heterocycles. The second-order valence-corrected chi connectivity index (χ2v) is 8.14. The standard InChI is InChI=1S/C22H25F3N6O2/c1-14(2)19(20-29-28-18-5-3-4-8-31(18)20)27-21(32)26-16-13-15(22(23,24)25)6-7-17(16)30-9-11-33-12-10-30/h3-8,13-14,19H,9-12H2,1-2H3,(H2,26,27,32)/t19-/m1/s1. The molecule has 8 nitrogen and oxygen atoms in total. The highest BCUT2D eigenvalue weighted by Crippen LogP contribution is 2.36. The highest BCUT2D eigenvalue weighted by atomic mass is 19.4. The Morgan fingerprint density at radius 1 is 1.12 bits per heavy atom. The summed E-state index contributed by atoms with van der Waals surface area (Å²) >= 11 is 0. The van der Waals surface area contributed by atoms with Crippen LogP contribution in [0.15, 0.2) is 42.6 Å². The molecular weight excluding hydrogens is 437 g/mol. The molecular formula is C22H25F3N6O2. The third kappa shape index (κ3) is 5.03. The van der Waals surface area contributed by atoms with Crippen LogP contribution in [-0.4, -0.2) is 46.9 Å². The molecule has 1 saturated heterocycles. The van der Waals surface area contributed by atoms with Gasteiger partial charge >= 0.3 is 12.2 Å². The minimum Gasteiger partial charge on any atom is -0.378 e. The van der Waals surface area contributed by atoms with E-state index >= 15 is 0 Å². The summed E-state index contributed by atoms with van der Waals surface area (Å²) in [6.07, 6.45) is -2.74. The Kier molecular flexibility index (Phi) is 6.41. The highest BCUT2D eigenvalue weighted by molar-refractivity contribution is 5.93. The predicted octanol–water partition coefficient (Wildman–Crippen LogP) is 4.10. The lowest BCUT2D eigenvalue weighted by Crippen LogP contribution is -2.38. The van der Waals surface area contributed by atoms with Gasteiger partial charge in [0.15, 0.2) is 11.5 Å². The zero-order valence-corrected chi connectivity index (χ0v) is 18.3. The molecule has 0 bridgehead atoms. The number of pyridine rings is 1. The van der Waals surface area contributed by atoms with E-state index in [0.29, 0.717) is 43.5 Å². The van der Waals surface area contributed by atoms with Crippen molar-refractivity contribution in [2.24, 2.45) is 5.92 Å². The van der Waals surface area contributed by atoms with Gasteiger partial charge in [0.25, 0.3) is 0 Å². The summed E-state index contributed by atoms with van der Waals surface area (Å²) in [5.41, 5.74) is 0.389. The maximum atomic E-state index is 13.3. The van der Waals surface area contributed by atoms with Gasteiger partial charge in [0, 0.05) is 19.3 Å². The molecule has 0 radical (unpaired) electrons. The predicted molar refractivity (Wildman–Crippen MR) is 117 cm³/mol. The SMILES string of the molecule is CC(C)[C@@H](NC(=O)Nc1cc(C(F)(F)F)ccc1N1CCOCC1)c1nnc2ccccn12. The maximum absolute atomic E-state index is 13.3. The summed E-state index contributed by atoms with van der Waals surface area (Å²) in [5, 5.41) is 13.8. The number of hydrogen-bond donors (Lipinski definition) is 2. The van der Waals surface area contributed by atoms with Crippen molar-refractivity contribution in [2.75, 3.05) is 36.5 Å². The van der Waals surface area contributed by atoms with Crippen LogP contribution in [0, 0.1) is 5.92 Å².